The minimum absolute atomic E-state index is 0.851. The number of para-hydroxylation sites is 3. The van der Waals surface area contributed by atoms with Crippen LogP contribution in [0.15, 0.2) is 247 Å². The lowest BCUT2D eigenvalue weighted by Gasteiger charge is -2.28. The smallest absolute Gasteiger partial charge is 0.145 e. The fourth-order valence-corrected chi connectivity index (χ4v) is 10.2. The van der Waals surface area contributed by atoms with Crippen LogP contribution in [0.5, 0.6) is 0 Å². The maximum Gasteiger partial charge on any atom is 0.145 e. The van der Waals surface area contributed by atoms with Crippen LogP contribution in [-0.4, -0.2) is 4.57 Å². The lowest BCUT2D eigenvalue weighted by atomic mass is 9.93. The van der Waals surface area contributed by atoms with Crippen LogP contribution in [0.1, 0.15) is 0 Å². The maximum absolute atomic E-state index is 7.01. The zero-order valence-electron chi connectivity index (χ0n) is 35.4. The molecule has 3 nitrogen and oxygen atoms in total. The summed E-state index contributed by atoms with van der Waals surface area (Å²) < 4.78 is 9.39. The van der Waals surface area contributed by atoms with Gasteiger partial charge in [0.2, 0.25) is 0 Å². The molecule has 0 unspecified atom stereocenters. The topological polar surface area (TPSA) is 21.3 Å². The van der Waals surface area contributed by atoms with E-state index in [-0.39, 0.29) is 0 Å². The Kier molecular flexibility index (Phi) is 8.53. The quantitative estimate of drug-likeness (QED) is 0.149. The summed E-state index contributed by atoms with van der Waals surface area (Å²) in [5.41, 5.74) is 15.1. The molecule has 0 aliphatic heterocycles. The number of rotatable bonds is 7. The minimum Gasteiger partial charge on any atom is -0.455 e. The SMILES string of the molecule is c1ccc(-c2cccc(N(c3cccc(-c4cc5ccccc5c5ccccc45)c3)c3ccc(-c4cccc(-n5c6ccccc6c6ccccc65)c4)c4oc5ccccc5c34)c2)cc1. The van der Waals surface area contributed by atoms with Gasteiger partial charge in [0.1, 0.15) is 11.2 Å². The number of benzene rings is 11. The molecule has 0 amide bonds. The molecular weight excluding hydrogens is 789 g/mol. The monoisotopic (exact) mass is 828 g/mol. The van der Waals surface area contributed by atoms with Crippen LogP contribution in [0.4, 0.5) is 17.1 Å². The number of hydrogen-bond donors (Lipinski definition) is 0. The molecule has 0 radical (unpaired) electrons. The van der Waals surface area contributed by atoms with E-state index in [0.29, 0.717) is 0 Å². The Balaban J connectivity index is 1.04. The molecule has 11 aromatic carbocycles. The second-order valence-corrected chi connectivity index (χ2v) is 16.8. The van der Waals surface area contributed by atoms with Crippen LogP contribution in [0.25, 0.3) is 104 Å². The molecule has 304 valence electrons. The van der Waals surface area contributed by atoms with Crippen molar-refractivity contribution in [1.82, 2.24) is 4.57 Å². The van der Waals surface area contributed by atoms with Crippen molar-refractivity contribution in [2.75, 3.05) is 4.90 Å². The van der Waals surface area contributed by atoms with Crippen LogP contribution in [0, 0.1) is 0 Å². The first-order valence-electron chi connectivity index (χ1n) is 22.2. The largest absolute Gasteiger partial charge is 0.455 e. The fourth-order valence-electron chi connectivity index (χ4n) is 10.2. The second-order valence-electron chi connectivity index (χ2n) is 16.8. The van der Waals surface area contributed by atoms with Crippen molar-refractivity contribution in [2.24, 2.45) is 0 Å². The maximum atomic E-state index is 7.01. The van der Waals surface area contributed by atoms with Gasteiger partial charge in [-0.2, -0.15) is 0 Å². The summed E-state index contributed by atoms with van der Waals surface area (Å²) in [6.45, 7) is 0. The van der Waals surface area contributed by atoms with E-state index < -0.39 is 0 Å². The van der Waals surface area contributed by atoms with E-state index in [0.717, 1.165) is 66.9 Å². The van der Waals surface area contributed by atoms with Gasteiger partial charge >= 0.3 is 0 Å². The summed E-state index contributed by atoms with van der Waals surface area (Å²) in [7, 11) is 0. The highest BCUT2D eigenvalue weighted by Gasteiger charge is 2.24. The van der Waals surface area contributed by atoms with E-state index in [4.69, 9.17) is 4.42 Å². The van der Waals surface area contributed by atoms with Gasteiger partial charge < -0.3 is 13.9 Å². The molecule has 0 atom stereocenters. The highest BCUT2D eigenvalue weighted by atomic mass is 16.3. The molecule has 0 saturated heterocycles. The summed E-state index contributed by atoms with van der Waals surface area (Å²) >= 11 is 0. The van der Waals surface area contributed by atoms with Crippen molar-refractivity contribution in [2.45, 2.75) is 0 Å². The summed E-state index contributed by atoms with van der Waals surface area (Å²) in [6, 6.07) is 87.6. The zero-order valence-corrected chi connectivity index (χ0v) is 35.4. The molecule has 2 aromatic heterocycles. The lowest BCUT2D eigenvalue weighted by molar-refractivity contribution is 0.670. The second kappa shape index (κ2) is 15.0. The molecule has 13 rings (SSSR count). The Bertz CT molecular complexity index is 3920. The number of furan rings is 1. The highest BCUT2D eigenvalue weighted by molar-refractivity contribution is 6.18. The summed E-state index contributed by atoms with van der Waals surface area (Å²) in [4.78, 5) is 2.42. The molecule has 3 heteroatoms. The molecule has 0 fully saturated rings. The van der Waals surface area contributed by atoms with Crippen LogP contribution < -0.4 is 4.90 Å². The van der Waals surface area contributed by atoms with Crippen LogP contribution in [0.2, 0.25) is 0 Å². The van der Waals surface area contributed by atoms with Gasteiger partial charge in [-0.15, -0.1) is 0 Å². The Labute approximate surface area is 376 Å². The van der Waals surface area contributed by atoms with Gasteiger partial charge in [0.25, 0.3) is 0 Å². The molecule has 65 heavy (non-hydrogen) atoms. The highest BCUT2D eigenvalue weighted by Crippen LogP contribution is 2.48. The van der Waals surface area contributed by atoms with Crippen molar-refractivity contribution in [1.29, 1.82) is 0 Å². The first-order valence-corrected chi connectivity index (χ1v) is 22.2. The van der Waals surface area contributed by atoms with Gasteiger partial charge in [0.15, 0.2) is 0 Å². The van der Waals surface area contributed by atoms with Gasteiger partial charge in [0, 0.05) is 38.8 Å². The summed E-state index contributed by atoms with van der Waals surface area (Å²) in [6.07, 6.45) is 0. The third-order valence-electron chi connectivity index (χ3n) is 13.1. The van der Waals surface area contributed by atoms with Crippen LogP contribution in [-0.2, 0) is 0 Å². The normalized spacial score (nSPS) is 11.7. The number of hydrogen-bond acceptors (Lipinski definition) is 2. The molecule has 13 aromatic rings. The van der Waals surface area contributed by atoms with E-state index in [1.807, 2.05) is 0 Å². The molecule has 2 heterocycles. The predicted molar refractivity (Wildman–Crippen MR) is 274 cm³/mol. The number of nitrogens with zero attached hydrogens (tertiary/aromatic N) is 2. The molecule has 0 N–H and O–H groups in total. The van der Waals surface area contributed by atoms with Crippen molar-refractivity contribution < 1.29 is 4.42 Å². The average molecular weight is 829 g/mol. The standard InChI is InChI=1S/C62H40N2O/c1-2-17-41(18-3-1)42-20-14-23-46(37-42)63(47-24-16-22-44(39-47)56-40-45-19-4-5-26-49(45)51-27-6-7-28-52(51)56)59-36-35-50(62-61(59)55-31-10-13-34-60(55)65-62)43-21-15-25-48(38-43)64-57-32-11-8-29-53(57)54-30-9-12-33-58(54)64/h1-40H. The van der Waals surface area contributed by atoms with E-state index in [2.05, 4.69) is 252 Å². The number of fused-ring (bicyclic) bond motifs is 9. The molecule has 0 aliphatic rings. The fraction of sp³-hybridized carbons (Fsp3) is 0. The lowest BCUT2D eigenvalue weighted by Crippen LogP contribution is -2.11. The van der Waals surface area contributed by atoms with Gasteiger partial charge in [-0.25, -0.2) is 0 Å². The molecular formula is C62H40N2O. The molecule has 0 saturated carbocycles. The predicted octanol–water partition coefficient (Wildman–Crippen LogP) is 17.5. The van der Waals surface area contributed by atoms with Crippen molar-refractivity contribution in [3.63, 3.8) is 0 Å². The Morgan fingerprint density at radius 2 is 0.892 bits per heavy atom. The third kappa shape index (κ3) is 6.05. The minimum atomic E-state index is 0.851. The van der Waals surface area contributed by atoms with Crippen molar-refractivity contribution in [3.05, 3.63) is 243 Å². The molecule has 0 aliphatic carbocycles. The summed E-state index contributed by atoms with van der Waals surface area (Å²) in [5, 5.41) is 9.59. The van der Waals surface area contributed by atoms with Crippen molar-refractivity contribution >= 4 is 82.4 Å². The Morgan fingerprint density at radius 1 is 0.338 bits per heavy atom. The van der Waals surface area contributed by atoms with Crippen molar-refractivity contribution in [3.8, 4) is 39.1 Å². The van der Waals surface area contributed by atoms with E-state index in [9.17, 15) is 0 Å². The molecule has 0 spiro atoms. The van der Waals surface area contributed by atoms with Gasteiger partial charge in [0.05, 0.1) is 22.1 Å². The third-order valence-corrected chi connectivity index (χ3v) is 13.1. The first kappa shape index (κ1) is 36.9. The average Bonchev–Trinajstić information content (AvgIpc) is 3.94. The van der Waals surface area contributed by atoms with Gasteiger partial charge in [-0.05, 0) is 122 Å². The van der Waals surface area contributed by atoms with E-state index in [1.165, 1.54) is 54.5 Å². The zero-order chi connectivity index (χ0) is 42.8. The first-order chi connectivity index (χ1) is 32.2. The van der Waals surface area contributed by atoms with Gasteiger partial charge in [-0.1, -0.05) is 170 Å². The van der Waals surface area contributed by atoms with Gasteiger partial charge in [-0.3, -0.25) is 0 Å². The summed E-state index contributed by atoms with van der Waals surface area (Å²) in [5.74, 6) is 0. The van der Waals surface area contributed by atoms with E-state index in [1.54, 1.807) is 0 Å². The van der Waals surface area contributed by atoms with Crippen LogP contribution >= 0.6 is 0 Å². The van der Waals surface area contributed by atoms with E-state index >= 15 is 0 Å². The number of anilines is 3. The van der Waals surface area contributed by atoms with Crippen LogP contribution in [0.3, 0.4) is 0 Å². The molecule has 0 bridgehead atoms. The number of aromatic nitrogens is 1. The Morgan fingerprint density at radius 3 is 1.65 bits per heavy atom. The Hall–Kier alpha value is -8.66.